The predicted octanol–water partition coefficient (Wildman–Crippen LogP) is 17.9. The van der Waals surface area contributed by atoms with Crippen LogP contribution >= 0.6 is 15.9 Å². The van der Waals surface area contributed by atoms with E-state index in [0.29, 0.717) is 48.7 Å². The Hall–Kier alpha value is -6.74. The van der Waals surface area contributed by atoms with Crippen LogP contribution in [0.3, 0.4) is 0 Å². The summed E-state index contributed by atoms with van der Waals surface area (Å²) in [6.45, 7) is 17.0. The first kappa shape index (κ1) is 80.9. The van der Waals surface area contributed by atoms with Crippen molar-refractivity contribution in [2.75, 3.05) is 26.4 Å². The summed E-state index contributed by atoms with van der Waals surface area (Å²) in [5, 5.41) is 56.8. The van der Waals surface area contributed by atoms with Gasteiger partial charge in [-0.2, -0.15) is 0 Å². The van der Waals surface area contributed by atoms with Crippen LogP contribution in [-0.2, 0) is 75.4 Å². The third-order valence-electron chi connectivity index (χ3n) is 24.9. The van der Waals surface area contributed by atoms with E-state index in [4.69, 9.17) is 47.9 Å². The Kier molecular flexibility index (Phi) is 27.5. The van der Waals surface area contributed by atoms with Crippen molar-refractivity contribution in [3.63, 3.8) is 0 Å². The van der Waals surface area contributed by atoms with Crippen molar-refractivity contribution in [3.8, 4) is 17.2 Å². The lowest BCUT2D eigenvalue weighted by atomic mass is 9.78. The molecule has 0 radical (unpaired) electrons. The van der Waals surface area contributed by atoms with Crippen molar-refractivity contribution < 1.29 is 68.4 Å². The fraction of sp³-hybridized carbons (Fsp3) is 0.495. The molecule has 8 aromatic carbocycles. The first-order chi connectivity index (χ1) is 54.0. The van der Waals surface area contributed by atoms with Gasteiger partial charge in [0.05, 0.1) is 64.1 Å². The normalized spacial score (nSPS) is 27.2. The molecule has 3 aliphatic carbocycles. The molecule has 590 valence electrons. The second-order valence-corrected chi connectivity index (χ2v) is 33.8. The molecule has 9 aliphatic rings. The Balaban J connectivity index is 0.000000134. The Labute approximate surface area is 666 Å². The number of hydrogen-bond donors (Lipinski definition) is 6. The van der Waals surface area contributed by atoms with Crippen LogP contribution < -0.4 is 14.2 Å². The minimum Gasteiger partial charge on any atom is -0.493 e. The molecule has 0 aromatic heterocycles. The average Bonchev–Trinajstić information content (AvgIpc) is 0.899. The zero-order valence-corrected chi connectivity index (χ0v) is 67.3. The van der Waals surface area contributed by atoms with E-state index in [-0.39, 0.29) is 42.4 Å². The van der Waals surface area contributed by atoms with Gasteiger partial charge in [-0.1, -0.05) is 216 Å². The SMILES string of the molecule is CC[C@H]1OC(c2ccc(Br)c(Cc3ccc4c(c3)CCCO4)c2)C(OCc2ccccc2)[C@@H](C)C1C.CC[C@H]1OC(c2ccc(C3CC3)c(Cc3ccc4c(c3)CCCO4)c2)C(OCc2ccccc2)[C@@H](C)C1C.OB(O)C1CC1.OC[C@H]1O[C@@H](c2ccc(C3CC3)c(Cc3ccc4c(c3)CCCO4)c2)[C@H](O)[C@@H](O)[C@@H]1O. The fourth-order valence-electron chi connectivity index (χ4n) is 17.5. The topological polar surface area (TPSA) is 195 Å². The highest BCUT2D eigenvalue weighted by molar-refractivity contribution is 9.10. The monoisotopic (exact) mass is 1570 g/mol. The Bertz CT molecular complexity index is 4330. The summed E-state index contributed by atoms with van der Waals surface area (Å²) in [5.41, 5.74) is 20.2. The third-order valence-corrected chi connectivity index (χ3v) is 25.7. The minimum absolute atomic E-state index is 0.00192. The lowest BCUT2D eigenvalue weighted by molar-refractivity contribution is -0.231. The molecule has 6 N–H and O–H groups in total. The molecule has 3 saturated heterocycles. The van der Waals surface area contributed by atoms with E-state index in [1.54, 1.807) is 0 Å². The van der Waals surface area contributed by atoms with Crippen LogP contribution in [0, 0.1) is 23.7 Å². The molecule has 0 amide bonds. The van der Waals surface area contributed by atoms with Gasteiger partial charge in [-0.05, 0) is 251 Å². The van der Waals surface area contributed by atoms with E-state index in [1.807, 2.05) is 12.1 Å². The van der Waals surface area contributed by atoms with Gasteiger partial charge in [0, 0.05) is 4.47 Å². The number of rotatable bonds is 21. The zero-order chi connectivity index (χ0) is 77.2. The maximum Gasteiger partial charge on any atom is 0.454 e. The molecule has 111 heavy (non-hydrogen) atoms. The molecule has 6 aliphatic heterocycles. The first-order valence-corrected chi connectivity index (χ1v) is 42.3. The average molecular weight is 1570 g/mol. The Morgan fingerprint density at radius 2 is 0.811 bits per heavy atom. The van der Waals surface area contributed by atoms with Gasteiger partial charge in [0.1, 0.15) is 60.0 Å². The molecule has 15 atom stereocenters. The molecule has 0 bridgehead atoms. The zero-order valence-electron chi connectivity index (χ0n) is 65.7. The van der Waals surface area contributed by atoms with Crippen LogP contribution in [0.2, 0.25) is 5.82 Å². The van der Waals surface area contributed by atoms with Crippen LogP contribution in [0.25, 0.3) is 0 Å². The van der Waals surface area contributed by atoms with Crippen molar-refractivity contribution in [2.24, 2.45) is 23.7 Å². The quantitative estimate of drug-likeness (QED) is 0.0372. The molecule has 6 fully saturated rings. The van der Waals surface area contributed by atoms with Gasteiger partial charge in [-0.25, -0.2) is 0 Å². The van der Waals surface area contributed by atoms with Crippen molar-refractivity contribution in [1.29, 1.82) is 0 Å². The number of hydrogen-bond acceptors (Lipinski definition) is 14. The molecule has 3 saturated carbocycles. The summed E-state index contributed by atoms with van der Waals surface area (Å²) in [7, 11) is -1.04. The van der Waals surface area contributed by atoms with Gasteiger partial charge >= 0.3 is 7.12 Å². The van der Waals surface area contributed by atoms with Gasteiger partial charge in [0.2, 0.25) is 0 Å². The molecular weight excluding hydrogens is 1460 g/mol. The maximum absolute atomic E-state index is 10.5. The number of fused-ring (bicyclic) bond motifs is 3. The van der Waals surface area contributed by atoms with Gasteiger partial charge in [-0.3, -0.25) is 0 Å². The summed E-state index contributed by atoms with van der Waals surface area (Å²) < 4.78 is 51.3. The van der Waals surface area contributed by atoms with Gasteiger partial charge in [-0.15, -0.1) is 0 Å². The van der Waals surface area contributed by atoms with E-state index in [1.165, 1.54) is 109 Å². The van der Waals surface area contributed by atoms with E-state index < -0.39 is 44.2 Å². The number of benzene rings is 8. The first-order valence-electron chi connectivity index (χ1n) is 41.6. The minimum atomic E-state index is -1.37. The van der Waals surface area contributed by atoms with Gasteiger partial charge in [0.25, 0.3) is 0 Å². The van der Waals surface area contributed by atoms with Crippen molar-refractivity contribution in [2.45, 2.75) is 249 Å². The van der Waals surface area contributed by atoms with Crippen molar-refractivity contribution >= 4 is 23.0 Å². The van der Waals surface area contributed by atoms with E-state index >= 15 is 0 Å². The van der Waals surface area contributed by atoms with Crippen LogP contribution in [-0.4, -0.2) is 113 Å². The predicted molar refractivity (Wildman–Crippen MR) is 439 cm³/mol. The van der Waals surface area contributed by atoms with Crippen LogP contribution in [0.1, 0.15) is 231 Å². The number of aliphatic hydroxyl groups excluding tert-OH is 4. The van der Waals surface area contributed by atoms with E-state index in [9.17, 15) is 20.4 Å². The largest absolute Gasteiger partial charge is 0.493 e. The molecule has 8 aromatic rings. The lowest BCUT2D eigenvalue weighted by Gasteiger charge is -2.45. The second-order valence-electron chi connectivity index (χ2n) is 33.0. The summed E-state index contributed by atoms with van der Waals surface area (Å²) in [6.07, 6.45) is 12.7. The summed E-state index contributed by atoms with van der Waals surface area (Å²) in [4.78, 5) is 0. The van der Waals surface area contributed by atoms with E-state index in [0.717, 1.165) is 131 Å². The number of ether oxygens (including phenoxy) is 8. The summed E-state index contributed by atoms with van der Waals surface area (Å²) in [6, 6.07) is 60.8. The number of aryl methyl sites for hydroxylation is 3. The van der Waals surface area contributed by atoms with Crippen molar-refractivity contribution in [3.05, 3.63) is 263 Å². The fourth-order valence-corrected chi connectivity index (χ4v) is 17.9. The number of halogens is 1. The molecule has 6 heterocycles. The van der Waals surface area contributed by atoms with Crippen LogP contribution in [0.4, 0.5) is 0 Å². The third kappa shape index (κ3) is 20.1. The highest BCUT2D eigenvalue weighted by Crippen LogP contribution is 2.49. The Morgan fingerprint density at radius 1 is 0.414 bits per heavy atom. The standard InChI is InChI=1S/C35H42O3.C32H37BrO3.C25H30O6.C3H7BO2/c1-4-32-23(2)24(3)34(37-22-25-9-6-5-7-10-25)35(38-32)29-15-16-31(27-13-14-27)30(21-29)20-26-12-17-33-28(19-26)11-8-18-36-33;1-4-29-21(2)22(3)31(35-20-23-9-6-5-7-10-23)32(36-29)26-13-14-28(33)27(19-26)18-24-12-15-30-25(17-24)11-8-16-34-30;26-13-21-22(27)23(28)24(29)25(31-21)17-6-7-19(15-4-5-15)18(12-17)11-14-3-8-20-16(10-14)2-1-9-30-20;5-4(6)3-1-2-3/h5-7,9-10,12,15-17,19,21,23-24,27,32,34-35H,4,8,11,13-14,18,20,22H2,1-3H3;5-7,9-10,12-15,17,19,21-22,29,31-32H,4,8,11,16,18,20H2,1-3H3;3,6-8,10,12,15,21-29H,1-2,4-5,9,11,13H2;3,5-6H,1-2H2/t23?,24-,32+,34?,35?;21?,22-,29+,31?,32?;21-,22-,23+,24-,25+;/m001./s1. The lowest BCUT2D eigenvalue weighted by Crippen LogP contribution is -2.55. The molecule has 16 heteroatoms. The number of aliphatic hydroxyl groups is 4. The Morgan fingerprint density at radius 3 is 1.20 bits per heavy atom. The summed E-state index contributed by atoms with van der Waals surface area (Å²) in [5.74, 6) is 6.29. The summed E-state index contributed by atoms with van der Waals surface area (Å²) >= 11 is 3.81. The molecule has 0 spiro atoms. The maximum atomic E-state index is 10.5. The van der Waals surface area contributed by atoms with Crippen LogP contribution in [0.5, 0.6) is 17.2 Å². The second kappa shape index (κ2) is 37.7. The van der Waals surface area contributed by atoms with Gasteiger partial charge in [0.15, 0.2) is 0 Å². The smallest absolute Gasteiger partial charge is 0.454 e. The van der Waals surface area contributed by atoms with Crippen molar-refractivity contribution in [1.82, 2.24) is 0 Å². The van der Waals surface area contributed by atoms with E-state index in [2.05, 4.69) is 215 Å². The van der Waals surface area contributed by atoms with Crippen LogP contribution in [0.15, 0.2) is 174 Å². The highest BCUT2D eigenvalue weighted by Gasteiger charge is 2.46. The molecular formula is C95H116BBrO14. The van der Waals surface area contributed by atoms with Gasteiger partial charge < -0.3 is 68.4 Å². The highest BCUT2D eigenvalue weighted by atomic mass is 79.9. The molecule has 17 rings (SSSR count). The molecule has 14 nitrogen and oxygen atoms in total. The molecule has 6 unspecified atom stereocenters.